The molecule has 2 aromatic carbocycles. The Balaban J connectivity index is 2.17. The van der Waals surface area contributed by atoms with Gasteiger partial charge in [-0.05, 0) is 43.2 Å². The molecule has 0 aliphatic heterocycles. The Morgan fingerprint density at radius 2 is 1.85 bits per heavy atom. The maximum atomic E-state index is 14.0. The number of benzene rings is 2. The summed E-state index contributed by atoms with van der Waals surface area (Å²) < 4.78 is 20.1. The van der Waals surface area contributed by atoms with Gasteiger partial charge in [0.2, 0.25) is 0 Å². The van der Waals surface area contributed by atoms with Gasteiger partial charge in [-0.25, -0.2) is 4.39 Å². The first-order chi connectivity index (χ1) is 9.52. The molecule has 2 rings (SSSR count). The van der Waals surface area contributed by atoms with Crippen molar-refractivity contribution in [2.24, 2.45) is 0 Å². The minimum atomic E-state index is -0.312. The zero-order valence-corrected chi connectivity index (χ0v) is 13.3. The van der Waals surface area contributed by atoms with Crippen molar-refractivity contribution in [2.45, 2.75) is 20.4 Å². The van der Waals surface area contributed by atoms with Gasteiger partial charge < -0.3 is 10.1 Å². The summed E-state index contributed by atoms with van der Waals surface area (Å²) in [5.74, 6) is -0.0412. The van der Waals surface area contributed by atoms with Crippen LogP contribution in [0.15, 0.2) is 34.8 Å². The quantitative estimate of drug-likeness (QED) is 0.862. The average Bonchev–Trinajstić information content (AvgIpc) is 2.43. The molecule has 0 saturated heterocycles. The molecule has 0 unspecified atom stereocenters. The van der Waals surface area contributed by atoms with E-state index in [-0.39, 0.29) is 11.6 Å². The summed E-state index contributed by atoms with van der Waals surface area (Å²) >= 11 is 3.54. The predicted octanol–water partition coefficient (Wildman–Crippen LogP) is 4.83. The standard InChI is InChI=1S/C16H17BrFNO/c1-10-7-13(8-11(2)15(10)17)19-9-12-5-4-6-14(20-3)16(12)18/h4-8,19H,9H2,1-3H3. The molecule has 0 aliphatic rings. The molecule has 4 heteroatoms. The second-order valence-corrected chi connectivity index (χ2v) is 5.50. The lowest BCUT2D eigenvalue weighted by Crippen LogP contribution is -2.03. The maximum absolute atomic E-state index is 14.0. The van der Waals surface area contributed by atoms with E-state index in [0.29, 0.717) is 12.1 Å². The van der Waals surface area contributed by atoms with E-state index in [0.717, 1.165) is 21.3 Å². The third-order valence-electron chi connectivity index (χ3n) is 3.18. The highest BCUT2D eigenvalue weighted by molar-refractivity contribution is 9.10. The first-order valence-corrected chi connectivity index (χ1v) is 7.14. The zero-order valence-electron chi connectivity index (χ0n) is 11.8. The van der Waals surface area contributed by atoms with E-state index < -0.39 is 0 Å². The molecular formula is C16H17BrFNO. The van der Waals surface area contributed by atoms with Crippen LogP contribution in [-0.4, -0.2) is 7.11 Å². The lowest BCUT2D eigenvalue weighted by atomic mass is 10.1. The van der Waals surface area contributed by atoms with Crippen LogP contribution in [0.3, 0.4) is 0 Å². The van der Waals surface area contributed by atoms with Crippen LogP contribution in [-0.2, 0) is 6.54 Å². The highest BCUT2D eigenvalue weighted by Crippen LogP contribution is 2.26. The first-order valence-electron chi connectivity index (χ1n) is 6.35. The topological polar surface area (TPSA) is 21.3 Å². The molecule has 0 bridgehead atoms. The van der Waals surface area contributed by atoms with E-state index in [4.69, 9.17) is 4.74 Å². The zero-order chi connectivity index (χ0) is 14.7. The fraction of sp³-hybridized carbons (Fsp3) is 0.250. The molecule has 0 fully saturated rings. The largest absolute Gasteiger partial charge is 0.494 e. The number of hydrogen-bond donors (Lipinski definition) is 1. The van der Waals surface area contributed by atoms with E-state index in [2.05, 4.69) is 21.2 Å². The molecule has 0 heterocycles. The molecule has 0 aromatic heterocycles. The average molecular weight is 338 g/mol. The first kappa shape index (κ1) is 14.9. The monoisotopic (exact) mass is 337 g/mol. The highest BCUT2D eigenvalue weighted by Gasteiger charge is 2.08. The molecule has 2 aromatic rings. The summed E-state index contributed by atoms with van der Waals surface area (Å²) in [6, 6.07) is 9.23. The van der Waals surface area contributed by atoms with Crippen molar-refractivity contribution in [3.63, 3.8) is 0 Å². The Hall–Kier alpha value is -1.55. The molecular weight excluding hydrogens is 321 g/mol. The fourth-order valence-electron chi connectivity index (χ4n) is 2.10. The normalized spacial score (nSPS) is 10.4. The van der Waals surface area contributed by atoms with Gasteiger partial charge in [0.05, 0.1) is 7.11 Å². The van der Waals surface area contributed by atoms with E-state index >= 15 is 0 Å². The number of anilines is 1. The number of rotatable bonds is 4. The fourth-order valence-corrected chi connectivity index (χ4v) is 2.32. The lowest BCUT2D eigenvalue weighted by molar-refractivity contribution is 0.384. The van der Waals surface area contributed by atoms with Crippen LogP contribution in [0.1, 0.15) is 16.7 Å². The molecule has 106 valence electrons. The Labute approximate surface area is 127 Å². The van der Waals surface area contributed by atoms with Crippen LogP contribution in [0, 0.1) is 19.7 Å². The minimum absolute atomic E-state index is 0.271. The summed E-state index contributed by atoms with van der Waals surface area (Å²) in [5.41, 5.74) is 3.87. The number of methoxy groups -OCH3 is 1. The van der Waals surface area contributed by atoms with Crippen LogP contribution in [0.4, 0.5) is 10.1 Å². The summed E-state index contributed by atoms with van der Waals surface area (Å²) in [6.07, 6.45) is 0. The Bertz CT molecular complexity index is 605. The maximum Gasteiger partial charge on any atom is 0.170 e. The summed E-state index contributed by atoms with van der Waals surface area (Å²) in [4.78, 5) is 0. The number of halogens is 2. The van der Waals surface area contributed by atoms with Crippen LogP contribution >= 0.6 is 15.9 Å². The molecule has 0 saturated carbocycles. The van der Waals surface area contributed by atoms with Crippen LogP contribution in [0.2, 0.25) is 0 Å². The van der Waals surface area contributed by atoms with Crippen LogP contribution < -0.4 is 10.1 Å². The van der Waals surface area contributed by atoms with Crippen molar-refractivity contribution in [2.75, 3.05) is 12.4 Å². The van der Waals surface area contributed by atoms with Crippen molar-refractivity contribution in [1.82, 2.24) is 0 Å². The molecule has 20 heavy (non-hydrogen) atoms. The summed E-state index contributed by atoms with van der Waals surface area (Å²) in [5, 5.41) is 3.25. The third-order valence-corrected chi connectivity index (χ3v) is 4.43. The van der Waals surface area contributed by atoms with E-state index in [1.807, 2.05) is 26.0 Å². The van der Waals surface area contributed by atoms with Gasteiger partial charge in [0.15, 0.2) is 11.6 Å². The van der Waals surface area contributed by atoms with Gasteiger partial charge in [0, 0.05) is 22.3 Å². The summed E-state index contributed by atoms with van der Waals surface area (Å²) in [7, 11) is 1.47. The van der Waals surface area contributed by atoms with Gasteiger partial charge in [-0.1, -0.05) is 28.1 Å². The molecule has 0 aliphatic carbocycles. The minimum Gasteiger partial charge on any atom is -0.494 e. The van der Waals surface area contributed by atoms with Crippen molar-refractivity contribution < 1.29 is 9.13 Å². The van der Waals surface area contributed by atoms with Gasteiger partial charge in [-0.2, -0.15) is 0 Å². The second-order valence-electron chi connectivity index (χ2n) is 4.71. The number of aryl methyl sites for hydroxylation is 2. The number of ether oxygens (including phenoxy) is 1. The van der Waals surface area contributed by atoms with E-state index in [9.17, 15) is 4.39 Å². The molecule has 0 spiro atoms. The molecule has 0 amide bonds. The molecule has 0 atom stereocenters. The van der Waals surface area contributed by atoms with Crippen molar-refractivity contribution in [3.05, 3.63) is 57.3 Å². The lowest BCUT2D eigenvalue weighted by Gasteiger charge is -2.12. The van der Waals surface area contributed by atoms with Gasteiger partial charge >= 0.3 is 0 Å². The Morgan fingerprint density at radius 1 is 1.20 bits per heavy atom. The van der Waals surface area contributed by atoms with Gasteiger partial charge in [-0.3, -0.25) is 0 Å². The molecule has 2 nitrogen and oxygen atoms in total. The number of nitrogens with one attached hydrogen (secondary N) is 1. The molecule has 0 radical (unpaired) electrons. The summed E-state index contributed by atoms with van der Waals surface area (Å²) in [6.45, 7) is 4.49. The van der Waals surface area contributed by atoms with Crippen molar-refractivity contribution in [1.29, 1.82) is 0 Å². The van der Waals surface area contributed by atoms with Crippen molar-refractivity contribution in [3.8, 4) is 5.75 Å². The SMILES string of the molecule is COc1cccc(CNc2cc(C)c(Br)c(C)c2)c1F. The van der Waals surface area contributed by atoms with Crippen LogP contribution in [0.5, 0.6) is 5.75 Å². The Kier molecular flexibility index (Phi) is 4.65. The highest BCUT2D eigenvalue weighted by atomic mass is 79.9. The van der Waals surface area contributed by atoms with Gasteiger partial charge in [-0.15, -0.1) is 0 Å². The van der Waals surface area contributed by atoms with E-state index in [1.165, 1.54) is 7.11 Å². The smallest absolute Gasteiger partial charge is 0.170 e. The Morgan fingerprint density at radius 3 is 2.45 bits per heavy atom. The van der Waals surface area contributed by atoms with Crippen molar-refractivity contribution >= 4 is 21.6 Å². The van der Waals surface area contributed by atoms with E-state index in [1.54, 1.807) is 18.2 Å². The predicted molar refractivity (Wildman–Crippen MR) is 83.9 cm³/mol. The molecule has 1 N–H and O–H groups in total. The number of hydrogen-bond acceptors (Lipinski definition) is 2. The van der Waals surface area contributed by atoms with Gasteiger partial charge in [0.25, 0.3) is 0 Å². The third kappa shape index (κ3) is 3.12. The second kappa shape index (κ2) is 6.27. The van der Waals surface area contributed by atoms with Gasteiger partial charge in [0.1, 0.15) is 0 Å². The van der Waals surface area contributed by atoms with Crippen LogP contribution in [0.25, 0.3) is 0 Å².